The van der Waals surface area contributed by atoms with Crippen LogP contribution in [-0.4, -0.2) is 18.7 Å². The van der Waals surface area contributed by atoms with Crippen molar-refractivity contribution in [3.05, 3.63) is 54.1 Å². The van der Waals surface area contributed by atoms with E-state index in [9.17, 15) is 0 Å². The van der Waals surface area contributed by atoms with Crippen molar-refractivity contribution >= 4 is 11.6 Å². The highest BCUT2D eigenvalue weighted by atomic mass is 16.5. The summed E-state index contributed by atoms with van der Waals surface area (Å²) < 4.78 is 11.1. The summed E-state index contributed by atoms with van der Waals surface area (Å²) in [6.45, 7) is 6.51. The van der Waals surface area contributed by atoms with Crippen molar-refractivity contribution in [3.8, 4) is 11.5 Å². The van der Waals surface area contributed by atoms with Gasteiger partial charge in [-0.15, -0.1) is 0 Å². The summed E-state index contributed by atoms with van der Waals surface area (Å²) >= 11 is 0. The molecule has 0 aliphatic rings. The van der Waals surface area contributed by atoms with Crippen LogP contribution >= 0.6 is 0 Å². The fourth-order valence-corrected chi connectivity index (χ4v) is 2.10. The van der Waals surface area contributed by atoms with Crippen molar-refractivity contribution in [3.63, 3.8) is 0 Å². The third-order valence-electron chi connectivity index (χ3n) is 3.17. The first-order valence-corrected chi connectivity index (χ1v) is 7.85. The number of hydrogen-bond donors (Lipinski definition) is 2. The number of rotatable bonds is 5. The minimum Gasteiger partial charge on any atom is -0.497 e. The molecule has 0 spiro atoms. The Balaban J connectivity index is 2.04. The Hall–Kier alpha value is -2.69. The number of nitrogens with zero attached hydrogens (tertiary/aromatic N) is 1. The molecule has 128 valence electrons. The molecule has 24 heavy (non-hydrogen) atoms. The molecule has 0 aliphatic heterocycles. The van der Waals surface area contributed by atoms with Gasteiger partial charge in [0, 0.05) is 11.3 Å². The molecule has 5 nitrogen and oxygen atoms in total. The first-order chi connectivity index (χ1) is 11.4. The van der Waals surface area contributed by atoms with Crippen LogP contribution in [0, 0.1) is 0 Å². The average Bonchev–Trinajstić information content (AvgIpc) is 2.53. The van der Waals surface area contributed by atoms with Crippen LogP contribution in [0.25, 0.3) is 0 Å². The van der Waals surface area contributed by atoms with Crippen molar-refractivity contribution in [2.24, 2.45) is 10.7 Å². The summed E-state index contributed by atoms with van der Waals surface area (Å²) in [5.74, 6) is 1.97. The lowest BCUT2D eigenvalue weighted by Crippen LogP contribution is -2.24. The summed E-state index contributed by atoms with van der Waals surface area (Å²) in [7, 11) is 1.63. The molecule has 0 aromatic heterocycles. The minimum absolute atomic E-state index is 0.257. The standard InChI is InChI=1S/C19H25N3O2/c1-19(2,3)24-17-8-6-5-7-14(17)13-21-18(20)22-15-9-11-16(23-4)12-10-15/h5-12H,13H2,1-4H3,(H3,20,21,22). The van der Waals surface area contributed by atoms with Crippen LogP contribution in [0.1, 0.15) is 26.3 Å². The molecule has 0 atom stereocenters. The third-order valence-corrected chi connectivity index (χ3v) is 3.17. The SMILES string of the molecule is COc1ccc(NC(N)=NCc2ccccc2OC(C)(C)C)cc1. The monoisotopic (exact) mass is 327 g/mol. The van der Waals surface area contributed by atoms with Gasteiger partial charge in [0.05, 0.1) is 13.7 Å². The van der Waals surface area contributed by atoms with Crippen LogP contribution in [0.15, 0.2) is 53.5 Å². The zero-order chi connectivity index (χ0) is 17.6. The van der Waals surface area contributed by atoms with Gasteiger partial charge in [-0.3, -0.25) is 0 Å². The lowest BCUT2D eigenvalue weighted by Gasteiger charge is -2.23. The van der Waals surface area contributed by atoms with E-state index < -0.39 is 0 Å². The van der Waals surface area contributed by atoms with Crippen molar-refractivity contribution in [2.45, 2.75) is 32.9 Å². The fraction of sp³-hybridized carbons (Fsp3) is 0.316. The number of para-hydroxylation sites is 1. The van der Waals surface area contributed by atoms with Gasteiger partial charge in [-0.2, -0.15) is 0 Å². The molecule has 0 heterocycles. The first-order valence-electron chi connectivity index (χ1n) is 7.85. The van der Waals surface area contributed by atoms with E-state index in [0.717, 1.165) is 22.7 Å². The molecule has 2 aromatic carbocycles. The van der Waals surface area contributed by atoms with Gasteiger partial charge in [-0.1, -0.05) is 18.2 Å². The lowest BCUT2D eigenvalue weighted by atomic mass is 10.1. The normalized spacial score (nSPS) is 11.9. The molecule has 5 heteroatoms. The van der Waals surface area contributed by atoms with E-state index in [4.69, 9.17) is 15.2 Å². The van der Waals surface area contributed by atoms with Gasteiger partial charge < -0.3 is 20.5 Å². The van der Waals surface area contributed by atoms with Crippen LogP contribution in [0.3, 0.4) is 0 Å². The molecule has 2 aromatic rings. The van der Waals surface area contributed by atoms with Gasteiger partial charge in [0.1, 0.15) is 17.1 Å². The van der Waals surface area contributed by atoms with Crippen LogP contribution in [-0.2, 0) is 6.54 Å². The largest absolute Gasteiger partial charge is 0.497 e. The Kier molecular flexibility index (Phi) is 5.68. The second-order valence-electron chi connectivity index (χ2n) is 6.38. The first kappa shape index (κ1) is 17.7. The Bertz CT molecular complexity index is 689. The summed E-state index contributed by atoms with van der Waals surface area (Å²) in [6, 6.07) is 15.4. The van der Waals surface area contributed by atoms with Gasteiger partial charge in [0.2, 0.25) is 0 Å². The number of benzene rings is 2. The quantitative estimate of drug-likeness (QED) is 0.647. The molecule has 0 fully saturated rings. The predicted molar refractivity (Wildman–Crippen MR) is 98.8 cm³/mol. The molecule has 2 rings (SSSR count). The van der Waals surface area contributed by atoms with Gasteiger partial charge in [-0.25, -0.2) is 4.99 Å². The Morgan fingerprint density at radius 1 is 1.08 bits per heavy atom. The molecule has 0 unspecified atom stereocenters. The summed E-state index contributed by atoms with van der Waals surface area (Å²) in [5.41, 5.74) is 7.56. The number of guanidine groups is 1. The molecular weight excluding hydrogens is 302 g/mol. The van der Waals surface area contributed by atoms with Crippen LogP contribution in [0.2, 0.25) is 0 Å². The molecule has 0 bridgehead atoms. The van der Waals surface area contributed by atoms with Crippen molar-refractivity contribution in [1.82, 2.24) is 0 Å². The zero-order valence-electron chi connectivity index (χ0n) is 14.7. The molecule has 0 aliphatic carbocycles. The molecule has 3 N–H and O–H groups in total. The average molecular weight is 327 g/mol. The maximum absolute atomic E-state index is 5.97. The summed E-state index contributed by atoms with van der Waals surface area (Å²) in [5, 5.41) is 3.06. The number of ether oxygens (including phenoxy) is 2. The van der Waals surface area contributed by atoms with Gasteiger partial charge in [0.15, 0.2) is 5.96 Å². The molecule has 0 amide bonds. The Morgan fingerprint density at radius 3 is 2.38 bits per heavy atom. The van der Waals surface area contributed by atoms with E-state index in [1.165, 1.54) is 0 Å². The minimum atomic E-state index is -0.257. The second-order valence-corrected chi connectivity index (χ2v) is 6.38. The Labute approximate surface area is 143 Å². The number of hydrogen-bond acceptors (Lipinski definition) is 3. The van der Waals surface area contributed by atoms with Crippen LogP contribution < -0.4 is 20.5 Å². The van der Waals surface area contributed by atoms with Crippen molar-refractivity contribution in [1.29, 1.82) is 0 Å². The van der Waals surface area contributed by atoms with E-state index in [-0.39, 0.29) is 5.60 Å². The van der Waals surface area contributed by atoms with E-state index in [2.05, 4.69) is 10.3 Å². The molecule has 0 saturated carbocycles. The zero-order valence-corrected chi connectivity index (χ0v) is 14.7. The van der Waals surface area contributed by atoms with Crippen LogP contribution in [0.4, 0.5) is 5.69 Å². The number of nitrogens with two attached hydrogens (primary N) is 1. The highest BCUT2D eigenvalue weighted by Gasteiger charge is 2.14. The highest BCUT2D eigenvalue weighted by molar-refractivity contribution is 5.92. The Morgan fingerprint density at radius 2 is 1.75 bits per heavy atom. The van der Waals surface area contributed by atoms with Crippen LogP contribution in [0.5, 0.6) is 11.5 Å². The third kappa shape index (κ3) is 5.50. The van der Waals surface area contributed by atoms with Gasteiger partial charge in [0.25, 0.3) is 0 Å². The topological polar surface area (TPSA) is 68.9 Å². The van der Waals surface area contributed by atoms with Gasteiger partial charge in [-0.05, 0) is 51.1 Å². The van der Waals surface area contributed by atoms with Gasteiger partial charge >= 0.3 is 0 Å². The van der Waals surface area contributed by atoms with E-state index in [1.54, 1.807) is 7.11 Å². The molecule has 0 saturated heterocycles. The molecular formula is C19H25N3O2. The number of methoxy groups -OCH3 is 1. The lowest BCUT2D eigenvalue weighted by molar-refractivity contribution is 0.129. The second kappa shape index (κ2) is 7.73. The maximum Gasteiger partial charge on any atom is 0.193 e. The number of nitrogens with one attached hydrogen (secondary N) is 1. The highest BCUT2D eigenvalue weighted by Crippen LogP contribution is 2.23. The van der Waals surface area contributed by atoms with E-state index in [0.29, 0.717) is 12.5 Å². The fourth-order valence-electron chi connectivity index (χ4n) is 2.10. The predicted octanol–water partition coefficient (Wildman–Crippen LogP) is 3.80. The van der Waals surface area contributed by atoms with E-state index in [1.807, 2.05) is 69.3 Å². The van der Waals surface area contributed by atoms with E-state index >= 15 is 0 Å². The summed E-state index contributed by atoms with van der Waals surface area (Å²) in [6.07, 6.45) is 0. The molecule has 0 radical (unpaired) electrons. The number of aliphatic imine (C=N–C) groups is 1. The maximum atomic E-state index is 5.97. The van der Waals surface area contributed by atoms with Crippen molar-refractivity contribution in [2.75, 3.05) is 12.4 Å². The smallest absolute Gasteiger partial charge is 0.193 e. The number of anilines is 1. The van der Waals surface area contributed by atoms with Crippen molar-refractivity contribution < 1.29 is 9.47 Å². The summed E-state index contributed by atoms with van der Waals surface area (Å²) in [4.78, 5) is 4.40.